The molecule has 2 aromatic carbocycles. The Morgan fingerprint density at radius 2 is 1.82 bits per heavy atom. The summed E-state index contributed by atoms with van der Waals surface area (Å²) in [5, 5.41) is 6.40. The van der Waals surface area contributed by atoms with Gasteiger partial charge in [-0.05, 0) is 61.6 Å². The summed E-state index contributed by atoms with van der Waals surface area (Å²) in [6, 6.07) is 12.0. The molecule has 2 aromatic rings. The topological polar surface area (TPSA) is 98.0 Å². The van der Waals surface area contributed by atoms with Crippen molar-refractivity contribution in [3.8, 4) is 11.5 Å². The van der Waals surface area contributed by atoms with Crippen molar-refractivity contribution in [3.63, 3.8) is 0 Å². The highest BCUT2D eigenvalue weighted by atomic mass is 127. The molecular weight excluding hydrogens is 538 g/mol. The summed E-state index contributed by atoms with van der Waals surface area (Å²) in [5.41, 5.74) is 7.56. The van der Waals surface area contributed by atoms with Crippen LogP contribution in [0.4, 0.5) is 4.39 Å². The molecule has 182 valence electrons. The molecule has 4 N–H and O–H groups in total. The average molecular weight is 572 g/mol. The maximum absolute atomic E-state index is 13.1. The summed E-state index contributed by atoms with van der Waals surface area (Å²) >= 11 is 0. The van der Waals surface area contributed by atoms with Crippen molar-refractivity contribution in [1.82, 2.24) is 10.6 Å². The number of primary amides is 1. The summed E-state index contributed by atoms with van der Waals surface area (Å²) in [7, 11) is 3.30. The number of ether oxygens (including phenoxy) is 2. The fourth-order valence-electron chi connectivity index (χ4n) is 3.26. The SMILES string of the molecule is CCOc1cc(CCCNC(=NC)NCC(Cc2ccc(F)cc2)C(N)=O)ccc1OC.I. The molecule has 1 unspecified atom stereocenters. The van der Waals surface area contributed by atoms with E-state index in [1.54, 1.807) is 26.3 Å². The van der Waals surface area contributed by atoms with E-state index in [1.807, 2.05) is 25.1 Å². The van der Waals surface area contributed by atoms with Gasteiger partial charge in [-0.3, -0.25) is 9.79 Å². The molecule has 0 bridgehead atoms. The Labute approximate surface area is 212 Å². The van der Waals surface area contributed by atoms with Gasteiger partial charge in [0.1, 0.15) is 5.82 Å². The second kappa shape index (κ2) is 15.3. The van der Waals surface area contributed by atoms with Gasteiger partial charge in [-0.25, -0.2) is 4.39 Å². The molecule has 0 saturated carbocycles. The third-order valence-electron chi connectivity index (χ3n) is 5.00. The molecule has 33 heavy (non-hydrogen) atoms. The summed E-state index contributed by atoms with van der Waals surface area (Å²) in [4.78, 5) is 16.0. The Morgan fingerprint density at radius 3 is 2.42 bits per heavy atom. The predicted molar refractivity (Wildman–Crippen MR) is 140 cm³/mol. The molecule has 0 aliphatic rings. The van der Waals surface area contributed by atoms with E-state index in [0.29, 0.717) is 32.1 Å². The van der Waals surface area contributed by atoms with Crippen LogP contribution in [-0.4, -0.2) is 45.7 Å². The lowest BCUT2D eigenvalue weighted by atomic mass is 9.98. The molecule has 1 atom stereocenters. The van der Waals surface area contributed by atoms with Crippen molar-refractivity contribution >= 4 is 35.8 Å². The van der Waals surface area contributed by atoms with E-state index in [1.165, 1.54) is 12.1 Å². The molecule has 7 nitrogen and oxygen atoms in total. The van der Waals surface area contributed by atoms with Gasteiger partial charge in [0, 0.05) is 20.1 Å². The first kappa shape index (κ1) is 28.5. The Bertz CT molecular complexity index is 894. The van der Waals surface area contributed by atoms with Crippen LogP contribution >= 0.6 is 24.0 Å². The molecule has 0 spiro atoms. The number of methoxy groups -OCH3 is 1. The van der Waals surface area contributed by atoms with Crippen molar-refractivity contribution in [3.05, 3.63) is 59.4 Å². The number of benzene rings is 2. The van der Waals surface area contributed by atoms with Crippen molar-refractivity contribution < 1.29 is 18.7 Å². The fourth-order valence-corrected chi connectivity index (χ4v) is 3.26. The Kier molecular flexibility index (Phi) is 13.2. The number of rotatable bonds is 12. The van der Waals surface area contributed by atoms with Gasteiger partial charge in [0.05, 0.1) is 19.6 Å². The highest BCUT2D eigenvalue weighted by Gasteiger charge is 2.16. The lowest BCUT2D eigenvalue weighted by molar-refractivity contribution is -0.121. The molecule has 0 aliphatic heterocycles. The largest absolute Gasteiger partial charge is 0.493 e. The molecule has 1 amide bonds. The monoisotopic (exact) mass is 572 g/mol. The minimum atomic E-state index is -0.435. The second-order valence-corrected chi connectivity index (χ2v) is 7.33. The number of carbonyl (C=O) groups excluding carboxylic acids is 1. The van der Waals surface area contributed by atoms with Gasteiger partial charge in [-0.2, -0.15) is 0 Å². The van der Waals surface area contributed by atoms with Crippen LogP contribution in [0.15, 0.2) is 47.5 Å². The van der Waals surface area contributed by atoms with Crippen molar-refractivity contribution in [2.24, 2.45) is 16.6 Å². The van der Waals surface area contributed by atoms with Crippen LogP contribution in [0, 0.1) is 11.7 Å². The number of aryl methyl sites for hydroxylation is 1. The van der Waals surface area contributed by atoms with Gasteiger partial charge >= 0.3 is 0 Å². The molecule has 9 heteroatoms. The first-order valence-electron chi connectivity index (χ1n) is 10.7. The highest BCUT2D eigenvalue weighted by Crippen LogP contribution is 2.28. The van der Waals surface area contributed by atoms with Gasteiger partial charge in [-0.15, -0.1) is 24.0 Å². The van der Waals surface area contributed by atoms with Gasteiger partial charge in [-0.1, -0.05) is 18.2 Å². The molecule has 0 aromatic heterocycles. The quantitative estimate of drug-likeness (QED) is 0.157. The number of guanidine groups is 1. The van der Waals surface area contributed by atoms with Gasteiger partial charge in [0.2, 0.25) is 5.91 Å². The van der Waals surface area contributed by atoms with E-state index in [2.05, 4.69) is 15.6 Å². The number of hydrogen-bond acceptors (Lipinski definition) is 4. The third kappa shape index (κ3) is 9.85. The minimum Gasteiger partial charge on any atom is -0.493 e. The summed E-state index contributed by atoms with van der Waals surface area (Å²) in [6.07, 6.45) is 2.18. The number of amides is 1. The van der Waals surface area contributed by atoms with Crippen LogP contribution in [0.5, 0.6) is 11.5 Å². The number of hydrogen-bond donors (Lipinski definition) is 3. The predicted octanol–water partition coefficient (Wildman–Crippen LogP) is 3.29. The Balaban J connectivity index is 0.00000544. The normalized spacial score (nSPS) is 11.8. The number of nitrogens with zero attached hydrogens (tertiary/aromatic N) is 1. The lowest BCUT2D eigenvalue weighted by Gasteiger charge is -2.17. The average Bonchev–Trinajstić information content (AvgIpc) is 2.79. The van der Waals surface area contributed by atoms with Gasteiger partial charge in [0.15, 0.2) is 17.5 Å². The van der Waals surface area contributed by atoms with Crippen LogP contribution in [0.1, 0.15) is 24.5 Å². The maximum Gasteiger partial charge on any atom is 0.222 e. The molecule has 0 radical (unpaired) electrons. The number of nitrogens with two attached hydrogens (primary N) is 1. The third-order valence-corrected chi connectivity index (χ3v) is 5.00. The van der Waals surface area contributed by atoms with Crippen LogP contribution in [0.25, 0.3) is 0 Å². The lowest BCUT2D eigenvalue weighted by Crippen LogP contribution is -2.43. The summed E-state index contributed by atoms with van der Waals surface area (Å²) in [5.74, 6) is 0.910. The molecule has 0 fully saturated rings. The molecule has 0 saturated heterocycles. The first-order chi connectivity index (χ1) is 15.5. The number of aliphatic imine (C=N–C) groups is 1. The smallest absolute Gasteiger partial charge is 0.222 e. The second-order valence-electron chi connectivity index (χ2n) is 7.33. The van der Waals surface area contributed by atoms with E-state index in [-0.39, 0.29) is 29.8 Å². The van der Waals surface area contributed by atoms with E-state index in [9.17, 15) is 9.18 Å². The van der Waals surface area contributed by atoms with Crippen LogP contribution < -0.4 is 25.8 Å². The van der Waals surface area contributed by atoms with E-state index < -0.39 is 11.8 Å². The van der Waals surface area contributed by atoms with E-state index in [4.69, 9.17) is 15.2 Å². The van der Waals surface area contributed by atoms with Gasteiger partial charge < -0.3 is 25.8 Å². The van der Waals surface area contributed by atoms with Crippen LogP contribution in [0.3, 0.4) is 0 Å². The Morgan fingerprint density at radius 1 is 1.12 bits per heavy atom. The zero-order valence-electron chi connectivity index (χ0n) is 19.4. The zero-order chi connectivity index (χ0) is 23.3. The van der Waals surface area contributed by atoms with Gasteiger partial charge in [0.25, 0.3) is 0 Å². The minimum absolute atomic E-state index is 0. The van der Waals surface area contributed by atoms with Crippen molar-refractivity contribution in [1.29, 1.82) is 0 Å². The van der Waals surface area contributed by atoms with E-state index in [0.717, 1.165) is 35.5 Å². The standard InChI is InChI=1S/C24H33FN4O3.HI/c1-4-32-22-15-17(9-12-21(22)31-3)6-5-13-28-24(27-2)29-16-19(23(26)30)14-18-7-10-20(25)11-8-18;/h7-12,15,19H,4-6,13-14,16H2,1-3H3,(H2,26,30)(H2,27,28,29);1H. The number of carbonyl (C=O) groups is 1. The molecule has 0 heterocycles. The molecular formula is C24H34FIN4O3. The number of nitrogens with one attached hydrogen (secondary N) is 2. The fraction of sp³-hybridized carbons (Fsp3) is 0.417. The van der Waals surface area contributed by atoms with Crippen LogP contribution in [-0.2, 0) is 17.6 Å². The first-order valence-corrected chi connectivity index (χ1v) is 10.7. The zero-order valence-corrected chi connectivity index (χ0v) is 21.7. The molecule has 2 rings (SSSR count). The summed E-state index contributed by atoms with van der Waals surface area (Å²) < 4.78 is 24.0. The van der Waals surface area contributed by atoms with E-state index >= 15 is 0 Å². The highest BCUT2D eigenvalue weighted by molar-refractivity contribution is 14.0. The van der Waals surface area contributed by atoms with Crippen LogP contribution in [0.2, 0.25) is 0 Å². The Hall–Kier alpha value is -2.56. The van der Waals surface area contributed by atoms with Crippen molar-refractivity contribution in [2.75, 3.05) is 33.9 Å². The number of halogens is 2. The molecule has 0 aliphatic carbocycles. The van der Waals surface area contributed by atoms with Crippen molar-refractivity contribution in [2.45, 2.75) is 26.2 Å². The maximum atomic E-state index is 13.1. The summed E-state index contributed by atoms with van der Waals surface area (Å²) in [6.45, 7) is 3.56.